The zero-order valence-corrected chi connectivity index (χ0v) is 20.4. The molecule has 176 valence electrons. The number of rotatable bonds is 8. The molecule has 33 heavy (non-hydrogen) atoms. The van der Waals surface area contributed by atoms with Crippen LogP contribution < -0.4 is 9.47 Å². The molecule has 0 spiro atoms. The number of hydrogen-bond acceptors (Lipinski definition) is 6. The van der Waals surface area contributed by atoms with Crippen molar-refractivity contribution in [1.29, 1.82) is 0 Å². The van der Waals surface area contributed by atoms with Crippen molar-refractivity contribution in [2.45, 2.75) is 12.5 Å². The molecule has 0 saturated carbocycles. The number of Topliss-reactive ketones (excluding diaryl/α,β-unsaturated/α-hetero) is 1. The van der Waals surface area contributed by atoms with Gasteiger partial charge in [0.25, 0.3) is 11.7 Å². The Balaban J connectivity index is 2.24. The van der Waals surface area contributed by atoms with Crippen LogP contribution in [0.3, 0.4) is 0 Å². The van der Waals surface area contributed by atoms with E-state index in [0.717, 1.165) is 6.54 Å². The Bertz CT molecular complexity index is 1100. The Hall–Kier alpha value is -2.74. The van der Waals surface area contributed by atoms with E-state index in [2.05, 4.69) is 0 Å². The lowest BCUT2D eigenvalue weighted by atomic mass is 9.94. The molecule has 1 amide bonds. The van der Waals surface area contributed by atoms with Gasteiger partial charge in [-0.05, 0) is 45.3 Å². The van der Waals surface area contributed by atoms with E-state index in [9.17, 15) is 14.7 Å². The van der Waals surface area contributed by atoms with Crippen molar-refractivity contribution < 1.29 is 24.2 Å². The molecule has 1 saturated heterocycles. The second-order valence-corrected chi connectivity index (χ2v) is 8.70. The lowest BCUT2D eigenvalue weighted by molar-refractivity contribution is -0.140. The summed E-state index contributed by atoms with van der Waals surface area (Å²) in [5.74, 6) is -1.27. The van der Waals surface area contributed by atoms with Gasteiger partial charge >= 0.3 is 0 Å². The van der Waals surface area contributed by atoms with Gasteiger partial charge in [-0.25, -0.2) is 0 Å². The number of methoxy groups -OCH3 is 2. The lowest BCUT2D eigenvalue weighted by Crippen LogP contribution is -2.32. The summed E-state index contributed by atoms with van der Waals surface area (Å²) >= 11 is 12.4. The SMILES string of the molecule is COc1ccccc1C1/C(=C(\O)c2cc(Cl)cc(Cl)c2OC)C(=O)C(=O)N1CCCN(C)C. The number of carbonyl (C=O) groups excluding carboxylic acids is 2. The largest absolute Gasteiger partial charge is 0.507 e. The van der Waals surface area contributed by atoms with Gasteiger partial charge in [0.05, 0.1) is 36.4 Å². The van der Waals surface area contributed by atoms with Crippen LogP contribution in [0.4, 0.5) is 0 Å². The van der Waals surface area contributed by atoms with Crippen molar-refractivity contribution >= 4 is 40.7 Å². The molecular weight excluding hydrogens is 467 g/mol. The van der Waals surface area contributed by atoms with Crippen LogP contribution in [0.1, 0.15) is 23.6 Å². The first-order valence-corrected chi connectivity index (χ1v) is 11.1. The predicted octanol–water partition coefficient (Wildman–Crippen LogP) is 4.38. The fourth-order valence-electron chi connectivity index (χ4n) is 3.97. The lowest BCUT2D eigenvalue weighted by Gasteiger charge is -2.27. The summed E-state index contributed by atoms with van der Waals surface area (Å²) < 4.78 is 10.9. The Morgan fingerprint density at radius 3 is 2.45 bits per heavy atom. The summed E-state index contributed by atoms with van der Waals surface area (Å²) in [5.41, 5.74) is 0.630. The van der Waals surface area contributed by atoms with Crippen molar-refractivity contribution in [3.8, 4) is 11.5 Å². The maximum atomic E-state index is 13.2. The van der Waals surface area contributed by atoms with Gasteiger partial charge < -0.3 is 24.4 Å². The quantitative estimate of drug-likeness (QED) is 0.334. The first-order valence-electron chi connectivity index (χ1n) is 10.3. The second kappa shape index (κ2) is 10.5. The minimum Gasteiger partial charge on any atom is -0.507 e. The molecule has 1 aliphatic rings. The molecule has 1 aliphatic heterocycles. The van der Waals surface area contributed by atoms with Gasteiger partial charge in [-0.15, -0.1) is 0 Å². The highest BCUT2D eigenvalue weighted by molar-refractivity contribution is 6.47. The van der Waals surface area contributed by atoms with Crippen molar-refractivity contribution in [2.75, 3.05) is 41.4 Å². The van der Waals surface area contributed by atoms with Gasteiger partial charge in [-0.2, -0.15) is 0 Å². The molecule has 1 N–H and O–H groups in total. The third-order valence-corrected chi connectivity index (χ3v) is 5.94. The fourth-order valence-corrected chi connectivity index (χ4v) is 4.54. The van der Waals surface area contributed by atoms with E-state index in [1.54, 1.807) is 24.3 Å². The summed E-state index contributed by atoms with van der Waals surface area (Å²) in [4.78, 5) is 29.8. The third-order valence-electron chi connectivity index (χ3n) is 5.45. The van der Waals surface area contributed by atoms with Crippen molar-refractivity contribution in [2.24, 2.45) is 0 Å². The average molecular weight is 493 g/mol. The number of amides is 1. The molecule has 0 radical (unpaired) electrons. The van der Waals surface area contributed by atoms with Crippen LogP contribution in [-0.2, 0) is 9.59 Å². The minimum absolute atomic E-state index is 0.0778. The number of likely N-dealkylation sites (tertiary alicyclic amines) is 1. The van der Waals surface area contributed by atoms with Crippen LogP contribution in [0, 0.1) is 0 Å². The Morgan fingerprint density at radius 2 is 1.82 bits per heavy atom. The third kappa shape index (κ3) is 4.95. The molecule has 1 heterocycles. The van der Waals surface area contributed by atoms with Gasteiger partial charge in [0, 0.05) is 17.1 Å². The van der Waals surface area contributed by atoms with E-state index in [1.165, 1.54) is 31.3 Å². The first-order chi connectivity index (χ1) is 15.7. The van der Waals surface area contributed by atoms with E-state index in [1.807, 2.05) is 19.0 Å². The standard InChI is InChI=1S/C24H26Cl2N2O5/c1-27(2)10-7-11-28-20(15-8-5-6-9-18(15)32-3)19(22(30)24(28)31)21(29)16-12-14(25)13-17(26)23(16)33-4/h5-6,8-9,12-13,20,29H,7,10-11H2,1-4H3/b21-19+. The number of carbonyl (C=O) groups is 2. The van der Waals surface area contributed by atoms with Crippen LogP contribution in [0.2, 0.25) is 10.0 Å². The molecule has 1 atom stereocenters. The molecule has 1 fully saturated rings. The Kier molecular flexibility index (Phi) is 7.89. The predicted molar refractivity (Wildman–Crippen MR) is 128 cm³/mol. The number of benzene rings is 2. The number of para-hydroxylation sites is 1. The van der Waals surface area contributed by atoms with Gasteiger partial charge in [-0.3, -0.25) is 9.59 Å². The van der Waals surface area contributed by atoms with E-state index < -0.39 is 23.5 Å². The van der Waals surface area contributed by atoms with E-state index in [-0.39, 0.29) is 26.9 Å². The number of ether oxygens (including phenoxy) is 2. The highest BCUT2D eigenvalue weighted by atomic mass is 35.5. The Labute approximate surface area is 203 Å². The number of ketones is 1. The number of aliphatic hydroxyl groups is 1. The molecule has 0 aliphatic carbocycles. The summed E-state index contributed by atoms with van der Waals surface area (Å²) in [5, 5.41) is 11.7. The number of hydrogen-bond donors (Lipinski definition) is 1. The number of halogens is 2. The van der Waals surface area contributed by atoms with Crippen LogP contribution in [0.25, 0.3) is 5.76 Å². The minimum atomic E-state index is -0.856. The van der Waals surface area contributed by atoms with Crippen LogP contribution in [0.5, 0.6) is 11.5 Å². The van der Waals surface area contributed by atoms with Crippen molar-refractivity contribution in [1.82, 2.24) is 9.80 Å². The van der Waals surface area contributed by atoms with Gasteiger partial charge in [0.2, 0.25) is 0 Å². The summed E-state index contributed by atoms with van der Waals surface area (Å²) in [6.07, 6.45) is 0.637. The fraction of sp³-hybridized carbons (Fsp3) is 0.333. The van der Waals surface area contributed by atoms with Crippen LogP contribution in [0.15, 0.2) is 42.0 Å². The molecule has 3 rings (SSSR count). The molecule has 9 heteroatoms. The molecule has 2 aromatic rings. The smallest absolute Gasteiger partial charge is 0.295 e. The van der Waals surface area contributed by atoms with E-state index in [4.69, 9.17) is 32.7 Å². The average Bonchev–Trinajstić information content (AvgIpc) is 3.02. The summed E-state index contributed by atoms with van der Waals surface area (Å²) in [6, 6.07) is 9.15. The van der Waals surface area contributed by atoms with Gasteiger partial charge in [0.15, 0.2) is 0 Å². The van der Waals surface area contributed by atoms with Crippen LogP contribution in [-0.4, -0.2) is 68.0 Å². The molecule has 7 nitrogen and oxygen atoms in total. The zero-order valence-electron chi connectivity index (χ0n) is 18.9. The maximum Gasteiger partial charge on any atom is 0.295 e. The molecule has 0 bridgehead atoms. The maximum absolute atomic E-state index is 13.2. The Morgan fingerprint density at radius 1 is 1.12 bits per heavy atom. The normalized spacial score (nSPS) is 17.7. The molecule has 2 aromatic carbocycles. The zero-order chi connectivity index (χ0) is 24.3. The highest BCUT2D eigenvalue weighted by Crippen LogP contribution is 2.45. The summed E-state index contributed by atoms with van der Waals surface area (Å²) in [7, 11) is 6.77. The summed E-state index contributed by atoms with van der Waals surface area (Å²) in [6.45, 7) is 1.04. The van der Waals surface area contributed by atoms with Crippen LogP contribution >= 0.6 is 23.2 Å². The molecule has 0 aromatic heterocycles. The molecule has 1 unspecified atom stereocenters. The first kappa shape index (κ1) is 24.9. The number of aliphatic hydroxyl groups excluding tert-OH is 1. The van der Waals surface area contributed by atoms with E-state index in [0.29, 0.717) is 24.3 Å². The van der Waals surface area contributed by atoms with Crippen molar-refractivity contribution in [3.05, 3.63) is 63.1 Å². The van der Waals surface area contributed by atoms with E-state index >= 15 is 0 Å². The monoisotopic (exact) mass is 492 g/mol. The van der Waals surface area contributed by atoms with Crippen molar-refractivity contribution in [3.63, 3.8) is 0 Å². The second-order valence-electron chi connectivity index (χ2n) is 7.86. The number of nitrogens with zero attached hydrogens (tertiary/aromatic N) is 2. The van der Waals surface area contributed by atoms with Gasteiger partial charge in [-0.1, -0.05) is 41.4 Å². The topological polar surface area (TPSA) is 79.3 Å². The molecular formula is C24H26Cl2N2O5. The van der Waals surface area contributed by atoms with Gasteiger partial charge in [0.1, 0.15) is 17.3 Å². The highest BCUT2D eigenvalue weighted by Gasteiger charge is 2.47.